The monoisotopic (exact) mass is 446 g/mol. The average Bonchev–Trinajstić information content (AvgIpc) is 3.21. The van der Waals surface area contributed by atoms with Gasteiger partial charge in [0.25, 0.3) is 0 Å². The van der Waals surface area contributed by atoms with E-state index in [0.717, 1.165) is 23.4 Å². The second-order valence-electron chi connectivity index (χ2n) is 7.68. The van der Waals surface area contributed by atoms with E-state index >= 15 is 0 Å². The van der Waals surface area contributed by atoms with Gasteiger partial charge in [-0.1, -0.05) is 54.3 Å². The van der Waals surface area contributed by atoms with Crippen molar-refractivity contribution in [3.63, 3.8) is 0 Å². The summed E-state index contributed by atoms with van der Waals surface area (Å²) in [6.07, 6.45) is 10.6. The lowest BCUT2D eigenvalue weighted by molar-refractivity contribution is -0.118. The molecule has 164 valence electrons. The highest BCUT2D eigenvalue weighted by Gasteiger charge is 2.18. The summed E-state index contributed by atoms with van der Waals surface area (Å²) in [4.78, 5) is 19.0. The van der Waals surface area contributed by atoms with Gasteiger partial charge in [-0.05, 0) is 36.2 Å². The average molecular weight is 447 g/mol. The van der Waals surface area contributed by atoms with Crippen molar-refractivity contribution in [2.24, 2.45) is 0 Å². The number of rotatable bonds is 8. The minimum atomic E-state index is -0.0239. The van der Waals surface area contributed by atoms with Gasteiger partial charge in [0.1, 0.15) is 5.69 Å². The van der Waals surface area contributed by atoms with Crippen LogP contribution in [0.4, 0.5) is 5.69 Å². The molecule has 1 aliphatic rings. The second-order valence-corrected chi connectivity index (χ2v) is 8.62. The van der Waals surface area contributed by atoms with E-state index in [2.05, 4.69) is 55.7 Å². The molecule has 0 spiro atoms. The molecule has 2 heterocycles. The number of hydrogen-bond donors (Lipinski definition) is 1. The maximum absolute atomic E-state index is 12.5. The van der Waals surface area contributed by atoms with E-state index < -0.39 is 0 Å². The molecule has 4 rings (SSSR count). The molecule has 0 bridgehead atoms. The van der Waals surface area contributed by atoms with Crippen LogP contribution < -0.4 is 10.2 Å². The third-order valence-corrected chi connectivity index (χ3v) is 6.03. The largest absolute Gasteiger partial charge is 0.378 e. The first kappa shape index (κ1) is 21.8. The van der Waals surface area contributed by atoms with Gasteiger partial charge in [-0.3, -0.25) is 14.3 Å². The first-order valence-corrected chi connectivity index (χ1v) is 11.4. The highest BCUT2D eigenvalue weighted by atomic mass is 32.2. The van der Waals surface area contributed by atoms with Crippen molar-refractivity contribution in [2.75, 3.05) is 24.7 Å². The Balaban J connectivity index is 1.52. The van der Waals surface area contributed by atoms with Crippen LogP contribution in [0.1, 0.15) is 12.0 Å². The number of anilines is 1. The van der Waals surface area contributed by atoms with Crippen LogP contribution in [0.2, 0.25) is 0 Å². The smallest absolute Gasteiger partial charge is 0.230 e. The molecular weight excluding hydrogens is 420 g/mol. The molecule has 0 saturated carbocycles. The van der Waals surface area contributed by atoms with E-state index in [1.165, 1.54) is 11.8 Å². The van der Waals surface area contributed by atoms with E-state index in [-0.39, 0.29) is 17.7 Å². The Morgan fingerprint density at radius 1 is 1.16 bits per heavy atom. The number of aromatic nitrogens is 4. The Hall–Kier alpha value is -3.39. The fourth-order valence-corrected chi connectivity index (χ4v) is 4.12. The summed E-state index contributed by atoms with van der Waals surface area (Å²) < 4.78 is 2.02. The number of carbonyl (C=O) groups is 1. The van der Waals surface area contributed by atoms with Crippen molar-refractivity contribution >= 4 is 23.4 Å². The standard InChI is InChI=1S/C24H26N6OS/c1-29(2)20-13-11-18(12-14-20)16-30-23(21-10-6-7-15-25-21)27-28-24(30)32-17-22(31)26-19-8-4-3-5-9-19/h3-8,10-15,19H,9,16-17H2,1-2H3,(H,26,31). The molecule has 7 nitrogen and oxygen atoms in total. The number of amides is 1. The van der Waals surface area contributed by atoms with Crippen molar-refractivity contribution in [3.05, 3.63) is 78.5 Å². The number of carbonyl (C=O) groups excluding carboxylic acids is 1. The van der Waals surface area contributed by atoms with Crippen molar-refractivity contribution in [1.29, 1.82) is 0 Å². The Morgan fingerprint density at radius 3 is 2.69 bits per heavy atom. The Labute approximate surface area is 192 Å². The molecule has 1 aliphatic carbocycles. The molecule has 0 fully saturated rings. The van der Waals surface area contributed by atoms with Gasteiger partial charge in [0.2, 0.25) is 5.91 Å². The lowest BCUT2D eigenvalue weighted by atomic mass is 10.1. The number of thioether (sulfide) groups is 1. The quantitative estimate of drug-likeness (QED) is 0.534. The van der Waals surface area contributed by atoms with Crippen LogP contribution in [-0.4, -0.2) is 51.5 Å². The van der Waals surface area contributed by atoms with Gasteiger partial charge in [-0.15, -0.1) is 10.2 Å². The molecule has 32 heavy (non-hydrogen) atoms. The molecule has 1 aromatic carbocycles. The Bertz CT molecular complexity index is 1110. The van der Waals surface area contributed by atoms with Crippen LogP contribution >= 0.6 is 11.8 Å². The molecule has 1 amide bonds. The lowest BCUT2D eigenvalue weighted by Crippen LogP contribution is -2.34. The van der Waals surface area contributed by atoms with Gasteiger partial charge < -0.3 is 10.2 Å². The fourth-order valence-electron chi connectivity index (χ4n) is 3.37. The van der Waals surface area contributed by atoms with Crippen molar-refractivity contribution in [1.82, 2.24) is 25.1 Å². The van der Waals surface area contributed by atoms with Crippen molar-refractivity contribution < 1.29 is 4.79 Å². The maximum Gasteiger partial charge on any atom is 0.230 e. The summed E-state index contributed by atoms with van der Waals surface area (Å²) in [5.41, 5.74) is 3.01. The van der Waals surface area contributed by atoms with Crippen LogP contribution in [0.15, 0.2) is 78.1 Å². The van der Waals surface area contributed by atoms with E-state index in [9.17, 15) is 4.79 Å². The zero-order chi connectivity index (χ0) is 22.3. The minimum Gasteiger partial charge on any atom is -0.378 e. The third kappa shape index (κ3) is 5.45. The zero-order valence-electron chi connectivity index (χ0n) is 18.2. The molecule has 3 aromatic rings. The number of allylic oxidation sites excluding steroid dienone is 2. The molecule has 1 unspecified atom stereocenters. The fraction of sp³-hybridized carbons (Fsp3) is 0.250. The predicted octanol–water partition coefficient (Wildman–Crippen LogP) is 3.55. The zero-order valence-corrected chi connectivity index (χ0v) is 19.0. The van der Waals surface area contributed by atoms with Gasteiger partial charge in [0.15, 0.2) is 11.0 Å². The number of nitrogens with one attached hydrogen (secondary N) is 1. The van der Waals surface area contributed by atoms with Crippen LogP contribution in [0.3, 0.4) is 0 Å². The highest BCUT2D eigenvalue weighted by Crippen LogP contribution is 2.24. The molecule has 0 radical (unpaired) electrons. The molecule has 0 saturated heterocycles. The summed E-state index contributed by atoms with van der Waals surface area (Å²) in [7, 11) is 4.04. The van der Waals surface area contributed by atoms with Gasteiger partial charge in [0.05, 0.1) is 18.3 Å². The third-order valence-electron chi connectivity index (χ3n) is 5.06. The molecule has 2 aromatic heterocycles. The summed E-state index contributed by atoms with van der Waals surface area (Å²) in [5.74, 6) is 0.934. The van der Waals surface area contributed by atoms with Gasteiger partial charge in [-0.25, -0.2) is 0 Å². The number of pyridine rings is 1. The maximum atomic E-state index is 12.5. The highest BCUT2D eigenvalue weighted by molar-refractivity contribution is 7.99. The predicted molar refractivity (Wildman–Crippen MR) is 129 cm³/mol. The Morgan fingerprint density at radius 2 is 2.00 bits per heavy atom. The van der Waals surface area contributed by atoms with Gasteiger partial charge >= 0.3 is 0 Å². The molecular formula is C24H26N6OS. The molecule has 8 heteroatoms. The van der Waals surface area contributed by atoms with E-state index in [0.29, 0.717) is 17.5 Å². The first-order valence-electron chi connectivity index (χ1n) is 10.5. The minimum absolute atomic E-state index is 0.0239. The Kier molecular flexibility index (Phi) is 7.01. The number of hydrogen-bond acceptors (Lipinski definition) is 6. The van der Waals surface area contributed by atoms with Crippen LogP contribution in [-0.2, 0) is 11.3 Å². The molecule has 1 N–H and O–H groups in total. The van der Waals surface area contributed by atoms with Crippen LogP contribution in [0, 0.1) is 0 Å². The molecule has 1 atom stereocenters. The van der Waals surface area contributed by atoms with Gasteiger partial charge in [0, 0.05) is 26.0 Å². The summed E-state index contributed by atoms with van der Waals surface area (Å²) in [6, 6.07) is 14.1. The SMILES string of the molecule is CN(C)c1ccc(Cn2c(SCC(=O)NC3C=CC=CC3)nnc2-c2ccccn2)cc1. The van der Waals surface area contributed by atoms with Crippen molar-refractivity contribution in [2.45, 2.75) is 24.2 Å². The first-order chi connectivity index (χ1) is 15.6. The number of benzene rings is 1. The summed E-state index contributed by atoms with van der Waals surface area (Å²) in [5, 5.41) is 12.5. The second kappa shape index (κ2) is 10.3. The summed E-state index contributed by atoms with van der Waals surface area (Å²) in [6.45, 7) is 0.590. The normalized spacial score (nSPS) is 15.0. The van der Waals surface area contributed by atoms with Crippen molar-refractivity contribution in [3.8, 4) is 11.5 Å². The van der Waals surface area contributed by atoms with Crippen LogP contribution in [0.5, 0.6) is 0 Å². The lowest BCUT2D eigenvalue weighted by Gasteiger charge is -2.15. The van der Waals surface area contributed by atoms with E-state index in [1.54, 1.807) is 6.20 Å². The number of nitrogens with zero attached hydrogens (tertiary/aromatic N) is 5. The van der Waals surface area contributed by atoms with Gasteiger partial charge in [-0.2, -0.15) is 0 Å². The van der Waals surface area contributed by atoms with Crippen LogP contribution in [0.25, 0.3) is 11.5 Å². The summed E-state index contributed by atoms with van der Waals surface area (Å²) >= 11 is 1.39. The van der Waals surface area contributed by atoms with E-state index in [1.807, 2.05) is 55.1 Å². The molecule has 0 aliphatic heterocycles. The van der Waals surface area contributed by atoms with E-state index in [4.69, 9.17) is 0 Å². The topological polar surface area (TPSA) is 75.9 Å².